The molecule has 90 valence electrons. The maximum atomic E-state index is 10.9. The molecule has 1 atom stereocenters. The molecule has 1 unspecified atom stereocenters. The first-order valence-corrected chi connectivity index (χ1v) is 5.29. The molecule has 0 heterocycles. The van der Waals surface area contributed by atoms with Crippen LogP contribution in [0.4, 0.5) is 0 Å². The van der Waals surface area contributed by atoms with E-state index in [1.54, 1.807) is 18.2 Å². The molecular formula is C13H15NO3. The maximum Gasteiger partial charge on any atom is 0.339 e. The van der Waals surface area contributed by atoms with E-state index in [0.717, 1.165) is 0 Å². The van der Waals surface area contributed by atoms with Gasteiger partial charge in [-0.1, -0.05) is 18.1 Å². The molecule has 0 aliphatic heterocycles. The number of carboxylic acid groups (broad SMARTS) is 1. The molecule has 0 spiro atoms. The van der Waals surface area contributed by atoms with Gasteiger partial charge >= 0.3 is 5.97 Å². The molecule has 0 aliphatic rings. The van der Waals surface area contributed by atoms with Crippen molar-refractivity contribution in [2.24, 2.45) is 0 Å². The fraction of sp³-hybridized carbons (Fsp3) is 0.308. The van der Waals surface area contributed by atoms with Gasteiger partial charge in [0.15, 0.2) is 0 Å². The van der Waals surface area contributed by atoms with Crippen LogP contribution in [0.15, 0.2) is 24.3 Å². The zero-order valence-corrected chi connectivity index (χ0v) is 9.64. The van der Waals surface area contributed by atoms with Crippen LogP contribution in [0.25, 0.3) is 0 Å². The summed E-state index contributed by atoms with van der Waals surface area (Å²) < 4.78 is 5.38. The summed E-state index contributed by atoms with van der Waals surface area (Å²) in [6.07, 6.45) is 5.20. The molecule has 0 amide bonds. The molecule has 0 fully saturated rings. The van der Waals surface area contributed by atoms with Gasteiger partial charge in [-0.05, 0) is 19.1 Å². The van der Waals surface area contributed by atoms with Gasteiger partial charge in [0.25, 0.3) is 0 Å². The highest BCUT2D eigenvalue weighted by Gasteiger charge is 2.09. The number of nitrogens with one attached hydrogen (secondary N) is 1. The van der Waals surface area contributed by atoms with Gasteiger partial charge in [-0.2, -0.15) is 0 Å². The van der Waals surface area contributed by atoms with Crippen molar-refractivity contribution in [3.8, 4) is 18.1 Å². The predicted molar refractivity (Wildman–Crippen MR) is 65.2 cm³/mol. The van der Waals surface area contributed by atoms with Crippen LogP contribution in [0.2, 0.25) is 0 Å². The quantitative estimate of drug-likeness (QED) is 0.575. The molecular weight excluding hydrogens is 218 g/mol. The van der Waals surface area contributed by atoms with E-state index in [2.05, 4.69) is 11.2 Å². The predicted octanol–water partition coefficient (Wildman–Crippen LogP) is 1.37. The second-order valence-corrected chi connectivity index (χ2v) is 3.49. The Morgan fingerprint density at radius 1 is 1.59 bits per heavy atom. The van der Waals surface area contributed by atoms with Crippen molar-refractivity contribution in [2.45, 2.75) is 13.0 Å². The zero-order chi connectivity index (χ0) is 12.7. The summed E-state index contributed by atoms with van der Waals surface area (Å²) in [5, 5.41) is 12.0. The standard InChI is InChI=1S/C13H15NO3/c1-3-10(2)14-8-9-17-12-7-5-4-6-11(12)13(15)16/h1,4-7,10,14H,8-9H2,2H3,(H,15,16). The van der Waals surface area contributed by atoms with Crippen LogP contribution >= 0.6 is 0 Å². The first-order valence-electron chi connectivity index (χ1n) is 5.29. The molecule has 0 saturated carbocycles. The van der Waals surface area contributed by atoms with Crippen molar-refractivity contribution in [3.05, 3.63) is 29.8 Å². The molecule has 1 rings (SSSR count). The number of benzene rings is 1. The Hall–Kier alpha value is -1.99. The minimum atomic E-state index is -0.995. The average molecular weight is 233 g/mol. The maximum absolute atomic E-state index is 10.9. The number of carboxylic acids is 1. The Bertz CT molecular complexity index is 423. The molecule has 0 radical (unpaired) electrons. The molecule has 4 nitrogen and oxygen atoms in total. The minimum absolute atomic E-state index is 0.0201. The van der Waals surface area contributed by atoms with Gasteiger partial charge in [-0.25, -0.2) is 4.79 Å². The van der Waals surface area contributed by atoms with E-state index < -0.39 is 5.97 Å². The van der Waals surface area contributed by atoms with E-state index in [0.29, 0.717) is 18.9 Å². The summed E-state index contributed by atoms with van der Waals surface area (Å²) in [4.78, 5) is 10.9. The second-order valence-electron chi connectivity index (χ2n) is 3.49. The number of hydrogen-bond acceptors (Lipinski definition) is 3. The van der Waals surface area contributed by atoms with Crippen LogP contribution in [0.3, 0.4) is 0 Å². The summed E-state index contributed by atoms with van der Waals surface area (Å²) in [6.45, 7) is 2.81. The third-order valence-electron chi connectivity index (χ3n) is 2.18. The molecule has 2 N–H and O–H groups in total. The monoisotopic (exact) mass is 233 g/mol. The Balaban J connectivity index is 2.47. The number of aromatic carboxylic acids is 1. The largest absolute Gasteiger partial charge is 0.491 e. The van der Waals surface area contributed by atoms with E-state index in [9.17, 15) is 4.79 Å². The normalized spacial score (nSPS) is 11.5. The summed E-state index contributed by atoms with van der Waals surface area (Å²) >= 11 is 0. The highest BCUT2D eigenvalue weighted by Crippen LogP contribution is 2.17. The van der Waals surface area contributed by atoms with Crippen LogP contribution in [0.1, 0.15) is 17.3 Å². The third-order valence-corrected chi connectivity index (χ3v) is 2.18. The van der Waals surface area contributed by atoms with Gasteiger partial charge in [0.05, 0.1) is 6.04 Å². The smallest absolute Gasteiger partial charge is 0.339 e. The van der Waals surface area contributed by atoms with Crippen LogP contribution in [0.5, 0.6) is 5.75 Å². The van der Waals surface area contributed by atoms with Gasteiger partial charge in [0, 0.05) is 6.54 Å². The van der Waals surface area contributed by atoms with Gasteiger partial charge in [-0.3, -0.25) is 0 Å². The fourth-order valence-electron chi connectivity index (χ4n) is 1.26. The first kappa shape index (κ1) is 13.1. The SMILES string of the molecule is C#CC(C)NCCOc1ccccc1C(=O)O. The summed E-state index contributed by atoms with van der Waals surface area (Å²) in [7, 11) is 0. The van der Waals surface area contributed by atoms with Crippen molar-refractivity contribution >= 4 is 5.97 Å². The Labute approximate surface area is 101 Å². The summed E-state index contributed by atoms with van der Waals surface area (Å²) in [5.41, 5.74) is 0.164. The van der Waals surface area contributed by atoms with Gasteiger partial charge < -0.3 is 15.2 Å². The van der Waals surface area contributed by atoms with Crippen LogP contribution in [0, 0.1) is 12.3 Å². The fourth-order valence-corrected chi connectivity index (χ4v) is 1.26. The second kappa shape index (κ2) is 6.56. The Kier molecular flexibility index (Phi) is 5.05. The first-order chi connectivity index (χ1) is 8.15. The third kappa shape index (κ3) is 4.17. The highest BCUT2D eigenvalue weighted by atomic mass is 16.5. The number of hydrogen-bond donors (Lipinski definition) is 2. The molecule has 0 saturated heterocycles. The van der Waals surface area contributed by atoms with Crippen molar-refractivity contribution in [2.75, 3.05) is 13.2 Å². The van der Waals surface area contributed by atoms with E-state index >= 15 is 0 Å². The number of para-hydroxylation sites is 1. The molecule has 0 aliphatic carbocycles. The number of rotatable bonds is 6. The lowest BCUT2D eigenvalue weighted by atomic mass is 10.2. The zero-order valence-electron chi connectivity index (χ0n) is 9.64. The van der Waals surface area contributed by atoms with Crippen LogP contribution in [-0.4, -0.2) is 30.3 Å². The van der Waals surface area contributed by atoms with Gasteiger partial charge in [0.2, 0.25) is 0 Å². The lowest BCUT2D eigenvalue weighted by Gasteiger charge is -2.10. The molecule has 1 aromatic carbocycles. The molecule has 0 aromatic heterocycles. The van der Waals surface area contributed by atoms with Crippen LogP contribution < -0.4 is 10.1 Å². The van der Waals surface area contributed by atoms with E-state index in [1.165, 1.54) is 6.07 Å². The van der Waals surface area contributed by atoms with E-state index in [-0.39, 0.29) is 11.6 Å². The van der Waals surface area contributed by atoms with Gasteiger partial charge in [-0.15, -0.1) is 6.42 Å². The Morgan fingerprint density at radius 2 is 2.29 bits per heavy atom. The van der Waals surface area contributed by atoms with E-state index in [1.807, 2.05) is 6.92 Å². The lowest BCUT2D eigenvalue weighted by Crippen LogP contribution is -2.29. The summed E-state index contributed by atoms with van der Waals surface area (Å²) in [6, 6.07) is 6.52. The van der Waals surface area contributed by atoms with E-state index in [4.69, 9.17) is 16.3 Å². The van der Waals surface area contributed by atoms with Gasteiger partial charge in [0.1, 0.15) is 17.9 Å². The number of carbonyl (C=O) groups is 1. The van der Waals surface area contributed by atoms with Crippen molar-refractivity contribution < 1.29 is 14.6 Å². The minimum Gasteiger partial charge on any atom is -0.491 e. The average Bonchev–Trinajstić information content (AvgIpc) is 2.34. The van der Waals surface area contributed by atoms with Crippen molar-refractivity contribution in [1.82, 2.24) is 5.32 Å². The Morgan fingerprint density at radius 3 is 2.94 bits per heavy atom. The highest BCUT2D eigenvalue weighted by molar-refractivity contribution is 5.90. The van der Waals surface area contributed by atoms with Crippen molar-refractivity contribution in [1.29, 1.82) is 0 Å². The topological polar surface area (TPSA) is 58.6 Å². The lowest BCUT2D eigenvalue weighted by molar-refractivity contribution is 0.0692. The molecule has 1 aromatic rings. The molecule has 4 heteroatoms. The molecule has 0 bridgehead atoms. The number of ether oxygens (including phenoxy) is 1. The van der Waals surface area contributed by atoms with Crippen molar-refractivity contribution in [3.63, 3.8) is 0 Å². The molecule has 17 heavy (non-hydrogen) atoms. The summed E-state index contributed by atoms with van der Waals surface area (Å²) in [5.74, 6) is 1.91. The van der Waals surface area contributed by atoms with Crippen LogP contribution in [-0.2, 0) is 0 Å². The number of terminal acetylenes is 1.